The number of nitrogen functional groups attached to an aromatic ring is 1. The van der Waals surface area contributed by atoms with Gasteiger partial charge in [-0.15, -0.1) is 0 Å². The monoisotopic (exact) mass is 302 g/mol. The molecule has 0 radical (unpaired) electrons. The summed E-state index contributed by atoms with van der Waals surface area (Å²) in [5.74, 6) is -0.00864. The van der Waals surface area contributed by atoms with Crippen molar-refractivity contribution in [2.75, 3.05) is 5.73 Å². The molecule has 110 valence electrons. The number of carbonyl (C=O) groups excluding carboxylic acids is 1. The number of nitrogens with two attached hydrogens (primary N) is 1. The van der Waals surface area contributed by atoms with Gasteiger partial charge in [0.25, 0.3) is 0 Å². The van der Waals surface area contributed by atoms with E-state index < -0.39 is 0 Å². The Balaban J connectivity index is 1.90. The van der Waals surface area contributed by atoms with Crippen molar-refractivity contribution < 1.29 is 4.79 Å². The van der Waals surface area contributed by atoms with Gasteiger partial charge in [-0.3, -0.25) is 4.79 Å². The van der Waals surface area contributed by atoms with Crippen molar-refractivity contribution in [3.8, 4) is 0 Å². The quantitative estimate of drug-likeness (QED) is 0.827. The van der Waals surface area contributed by atoms with E-state index in [9.17, 15) is 4.79 Å². The summed E-state index contributed by atoms with van der Waals surface area (Å²) in [7, 11) is 0. The topological polar surface area (TPSA) is 55.1 Å². The van der Waals surface area contributed by atoms with Crippen LogP contribution in [0.4, 0.5) is 5.69 Å². The number of benzene rings is 2. The number of amides is 1. The van der Waals surface area contributed by atoms with Gasteiger partial charge in [-0.25, -0.2) is 0 Å². The zero-order chi connectivity index (χ0) is 15.2. The Morgan fingerprint density at radius 2 is 1.86 bits per heavy atom. The number of aryl methyl sites for hydroxylation is 1. The molecule has 0 spiro atoms. The Hall–Kier alpha value is -2.00. The van der Waals surface area contributed by atoms with Crippen molar-refractivity contribution in [3.05, 3.63) is 64.7 Å². The van der Waals surface area contributed by atoms with Crippen molar-refractivity contribution in [1.29, 1.82) is 0 Å². The first-order chi connectivity index (χ1) is 10.1. The highest BCUT2D eigenvalue weighted by atomic mass is 35.5. The molecule has 0 fully saturated rings. The normalized spacial score (nSPS) is 11.9. The van der Waals surface area contributed by atoms with Crippen LogP contribution in [0.5, 0.6) is 0 Å². The maximum Gasteiger partial charge on any atom is 0.220 e. The minimum atomic E-state index is -0.112. The van der Waals surface area contributed by atoms with Gasteiger partial charge in [-0.05, 0) is 36.6 Å². The van der Waals surface area contributed by atoms with Crippen LogP contribution in [0.3, 0.4) is 0 Å². The summed E-state index contributed by atoms with van der Waals surface area (Å²) in [6.45, 7) is 1.93. The summed E-state index contributed by atoms with van der Waals surface area (Å²) in [4.78, 5) is 12.0. The van der Waals surface area contributed by atoms with Gasteiger partial charge in [-0.2, -0.15) is 0 Å². The molecule has 2 aromatic rings. The number of para-hydroxylation sites is 1. The van der Waals surface area contributed by atoms with Crippen molar-refractivity contribution in [1.82, 2.24) is 5.32 Å². The van der Waals surface area contributed by atoms with Crippen molar-refractivity contribution >= 4 is 23.2 Å². The molecule has 0 aliphatic heterocycles. The fraction of sp³-hybridized carbons (Fsp3) is 0.235. The minimum Gasteiger partial charge on any atom is -0.399 e. The lowest BCUT2D eigenvalue weighted by Gasteiger charge is -2.15. The summed E-state index contributed by atoms with van der Waals surface area (Å²) >= 11 is 6.13. The predicted molar refractivity (Wildman–Crippen MR) is 87.2 cm³/mol. The molecule has 0 saturated carbocycles. The molecule has 1 amide bonds. The van der Waals surface area contributed by atoms with Crippen LogP contribution in [-0.2, 0) is 11.2 Å². The second kappa shape index (κ2) is 7.14. The molecule has 3 N–H and O–H groups in total. The zero-order valence-electron chi connectivity index (χ0n) is 12.0. The number of nitrogens with one attached hydrogen (secondary N) is 1. The number of hydrogen-bond donors (Lipinski definition) is 2. The fourth-order valence-electron chi connectivity index (χ4n) is 2.23. The third-order valence-electron chi connectivity index (χ3n) is 3.43. The van der Waals surface area contributed by atoms with Crippen LogP contribution >= 0.6 is 11.6 Å². The standard InChI is InChI=1S/C17H19ClN2O/c1-12(14-7-3-4-8-15(14)18)20-17(21)11-10-13-6-2-5-9-16(13)19/h2-9,12H,10-11,19H2,1H3,(H,20,21). The number of carbonyl (C=O) groups is 1. The first kappa shape index (κ1) is 15.4. The number of anilines is 1. The molecular weight excluding hydrogens is 284 g/mol. The highest BCUT2D eigenvalue weighted by molar-refractivity contribution is 6.31. The molecule has 0 aliphatic rings. The number of rotatable bonds is 5. The Kier molecular flexibility index (Phi) is 5.23. The largest absolute Gasteiger partial charge is 0.399 e. The van der Waals surface area contributed by atoms with Gasteiger partial charge in [0.1, 0.15) is 0 Å². The maximum atomic E-state index is 12.0. The van der Waals surface area contributed by atoms with Crippen LogP contribution in [0.2, 0.25) is 5.02 Å². The van der Waals surface area contributed by atoms with E-state index >= 15 is 0 Å². The Labute approximate surface area is 130 Å². The van der Waals surface area contributed by atoms with Crippen LogP contribution in [-0.4, -0.2) is 5.91 Å². The van der Waals surface area contributed by atoms with Crippen LogP contribution in [0.15, 0.2) is 48.5 Å². The van der Waals surface area contributed by atoms with E-state index in [0.717, 1.165) is 16.8 Å². The summed E-state index contributed by atoms with van der Waals surface area (Å²) in [6, 6.07) is 15.0. The molecule has 2 rings (SSSR count). The smallest absolute Gasteiger partial charge is 0.220 e. The van der Waals surface area contributed by atoms with Crippen LogP contribution in [0.1, 0.15) is 30.5 Å². The molecule has 4 heteroatoms. The van der Waals surface area contributed by atoms with Gasteiger partial charge in [-0.1, -0.05) is 48.0 Å². The lowest BCUT2D eigenvalue weighted by molar-refractivity contribution is -0.121. The van der Waals surface area contributed by atoms with E-state index in [2.05, 4.69) is 5.32 Å². The van der Waals surface area contributed by atoms with Gasteiger partial charge in [0.2, 0.25) is 5.91 Å². The molecular formula is C17H19ClN2O. The van der Waals surface area contributed by atoms with Gasteiger partial charge in [0, 0.05) is 17.1 Å². The highest BCUT2D eigenvalue weighted by Gasteiger charge is 2.12. The van der Waals surface area contributed by atoms with Crippen molar-refractivity contribution in [3.63, 3.8) is 0 Å². The average molecular weight is 303 g/mol. The van der Waals surface area contributed by atoms with E-state index in [0.29, 0.717) is 17.9 Å². The second-order valence-corrected chi connectivity index (χ2v) is 5.42. The minimum absolute atomic E-state index is 0.00864. The molecule has 0 aliphatic carbocycles. The third kappa shape index (κ3) is 4.23. The van der Waals surface area contributed by atoms with Gasteiger partial charge >= 0.3 is 0 Å². The Morgan fingerprint density at radius 1 is 1.19 bits per heavy atom. The van der Waals surface area contributed by atoms with Crippen LogP contribution in [0, 0.1) is 0 Å². The molecule has 0 heterocycles. The first-order valence-corrected chi connectivity index (χ1v) is 7.33. The van der Waals surface area contributed by atoms with Gasteiger partial charge in [0.05, 0.1) is 6.04 Å². The summed E-state index contributed by atoms with van der Waals surface area (Å²) < 4.78 is 0. The molecule has 0 saturated heterocycles. The van der Waals surface area contributed by atoms with E-state index in [1.54, 1.807) is 0 Å². The summed E-state index contributed by atoms with van der Waals surface area (Å²) in [5, 5.41) is 3.63. The summed E-state index contributed by atoms with van der Waals surface area (Å²) in [6.07, 6.45) is 1.04. The van der Waals surface area contributed by atoms with Crippen LogP contribution in [0.25, 0.3) is 0 Å². The second-order valence-electron chi connectivity index (χ2n) is 5.01. The van der Waals surface area contributed by atoms with E-state index in [-0.39, 0.29) is 11.9 Å². The first-order valence-electron chi connectivity index (χ1n) is 6.95. The number of halogens is 1. The third-order valence-corrected chi connectivity index (χ3v) is 3.77. The molecule has 0 bridgehead atoms. The fourth-order valence-corrected chi connectivity index (χ4v) is 2.53. The lowest BCUT2D eigenvalue weighted by Crippen LogP contribution is -2.27. The Bertz CT molecular complexity index is 628. The van der Waals surface area contributed by atoms with Crippen molar-refractivity contribution in [2.45, 2.75) is 25.8 Å². The molecule has 0 aromatic heterocycles. The van der Waals surface area contributed by atoms with E-state index in [1.807, 2.05) is 55.5 Å². The van der Waals surface area contributed by atoms with Crippen molar-refractivity contribution in [2.24, 2.45) is 0 Å². The maximum absolute atomic E-state index is 12.0. The zero-order valence-corrected chi connectivity index (χ0v) is 12.7. The molecule has 1 atom stereocenters. The van der Waals surface area contributed by atoms with Gasteiger partial charge < -0.3 is 11.1 Å². The SMILES string of the molecule is CC(NC(=O)CCc1ccccc1N)c1ccccc1Cl. The Morgan fingerprint density at radius 3 is 2.57 bits per heavy atom. The molecule has 2 aromatic carbocycles. The van der Waals surface area contributed by atoms with E-state index in [1.165, 1.54) is 0 Å². The molecule has 21 heavy (non-hydrogen) atoms. The van der Waals surface area contributed by atoms with Crippen LogP contribution < -0.4 is 11.1 Å². The van der Waals surface area contributed by atoms with E-state index in [4.69, 9.17) is 17.3 Å². The summed E-state index contributed by atoms with van der Waals surface area (Å²) in [5.41, 5.74) is 8.52. The molecule has 3 nitrogen and oxygen atoms in total. The van der Waals surface area contributed by atoms with Gasteiger partial charge in [0.15, 0.2) is 0 Å². The lowest BCUT2D eigenvalue weighted by atomic mass is 10.1. The highest BCUT2D eigenvalue weighted by Crippen LogP contribution is 2.22. The predicted octanol–water partition coefficient (Wildman–Crippen LogP) is 3.73. The molecule has 1 unspecified atom stereocenters. The number of hydrogen-bond acceptors (Lipinski definition) is 2. The average Bonchev–Trinajstić information content (AvgIpc) is 2.46.